The van der Waals surface area contributed by atoms with Gasteiger partial charge in [-0.15, -0.1) is 0 Å². The highest BCUT2D eigenvalue weighted by Crippen LogP contribution is 2.29. The van der Waals surface area contributed by atoms with Gasteiger partial charge in [0.05, 0.1) is 22.4 Å². The molecule has 10 heteroatoms. The molecule has 0 radical (unpaired) electrons. The molecule has 0 bridgehead atoms. The minimum atomic E-state index is -3.51. The Morgan fingerprint density at radius 1 is 1.04 bits per heavy atom. The molecule has 2 aromatic rings. The van der Waals surface area contributed by atoms with Gasteiger partial charge in [-0.3, -0.25) is 19.6 Å². The Hall–Kier alpha value is -3.14. The zero-order chi connectivity index (χ0) is 20.3. The first-order valence-corrected chi connectivity index (χ1v) is 10.5. The zero-order valence-corrected chi connectivity index (χ0v) is 16.1. The van der Waals surface area contributed by atoms with E-state index in [1.807, 2.05) is 4.90 Å². The lowest BCUT2D eigenvalue weighted by Gasteiger charge is -2.36. The summed E-state index contributed by atoms with van der Waals surface area (Å²) in [4.78, 5) is 27.2. The molecule has 1 amide bonds. The van der Waals surface area contributed by atoms with Crippen molar-refractivity contribution < 1.29 is 18.1 Å². The highest BCUT2D eigenvalue weighted by atomic mass is 32.2. The number of amides is 1. The fourth-order valence-corrected chi connectivity index (χ4v) is 3.74. The van der Waals surface area contributed by atoms with Gasteiger partial charge in [-0.05, 0) is 18.2 Å². The first-order chi connectivity index (χ1) is 13.3. The van der Waals surface area contributed by atoms with Crippen LogP contribution in [0.25, 0.3) is 0 Å². The van der Waals surface area contributed by atoms with Crippen molar-refractivity contribution >= 4 is 33.0 Å². The van der Waals surface area contributed by atoms with Crippen LogP contribution >= 0.6 is 0 Å². The predicted molar refractivity (Wildman–Crippen MR) is 106 cm³/mol. The number of anilines is 2. The van der Waals surface area contributed by atoms with Crippen LogP contribution in [-0.2, 0) is 10.0 Å². The second-order valence-electron chi connectivity index (χ2n) is 6.44. The molecule has 1 saturated heterocycles. The number of hydrogen-bond donors (Lipinski definition) is 1. The van der Waals surface area contributed by atoms with E-state index in [9.17, 15) is 23.3 Å². The van der Waals surface area contributed by atoms with Crippen LogP contribution in [0.5, 0.6) is 0 Å². The van der Waals surface area contributed by atoms with Crippen molar-refractivity contribution in [3.05, 3.63) is 64.2 Å². The van der Waals surface area contributed by atoms with Crippen LogP contribution in [0.1, 0.15) is 10.4 Å². The van der Waals surface area contributed by atoms with Gasteiger partial charge in [0.25, 0.3) is 11.6 Å². The number of rotatable bonds is 5. The van der Waals surface area contributed by atoms with Crippen LogP contribution in [0.4, 0.5) is 17.1 Å². The number of hydrogen-bond acceptors (Lipinski definition) is 6. The Morgan fingerprint density at radius 2 is 1.64 bits per heavy atom. The van der Waals surface area contributed by atoms with Crippen molar-refractivity contribution in [2.75, 3.05) is 42.1 Å². The van der Waals surface area contributed by atoms with Crippen molar-refractivity contribution in [1.82, 2.24) is 4.90 Å². The molecule has 1 fully saturated rings. The standard InChI is InChI=1S/C18H20N4O5S/c1-28(26,27)19-15-7-3-2-6-14(15)18(23)21-12-10-20(11-13-21)16-8-4-5-9-17(16)22(24)25/h2-9,19H,10-13H2,1H3. The molecule has 1 aliphatic rings. The van der Waals surface area contributed by atoms with E-state index in [-0.39, 0.29) is 22.8 Å². The molecule has 0 unspecified atom stereocenters. The lowest BCUT2D eigenvalue weighted by Crippen LogP contribution is -2.49. The number of carbonyl (C=O) groups excluding carboxylic acids is 1. The number of nitro groups is 1. The third kappa shape index (κ3) is 4.39. The summed E-state index contributed by atoms with van der Waals surface area (Å²) in [6.07, 6.45) is 1.03. The number of benzene rings is 2. The van der Waals surface area contributed by atoms with Gasteiger partial charge in [-0.1, -0.05) is 24.3 Å². The Balaban J connectivity index is 1.74. The highest BCUT2D eigenvalue weighted by Gasteiger charge is 2.27. The molecule has 0 atom stereocenters. The number of nitro benzene ring substituents is 1. The molecule has 1 N–H and O–H groups in total. The van der Waals surface area contributed by atoms with E-state index < -0.39 is 14.9 Å². The molecule has 0 aliphatic carbocycles. The number of piperazine rings is 1. The Labute approximate surface area is 162 Å². The first kappa shape index (κ1) is 19.6. The molecule has 3 rings (SSSR count). The van der Waals surface area contributed by atoms with Crippen LogP contribution < -0.4 is 9.62 Å². The molecular formula is C18H20N4O5S. The third-order valence-electron chi connectivity index (χ3n) is 4.44. The van der Waals surface area contributed by atoms with Gasteiger partial charge >= 0.3 is 0 Å². The Morgan fingerprint density at radius 3 is 2.29 bits per heavy atom. The summed E-state index contributed by atoms with van der Waals surface area (Å²) in [6.45, 7) is 1.63. The molecule has 9 nitrogen and oxygen atoms in total. The van der Waals surface area contributed by atoms with E-state index >= 15 is 0 Å². The van der Waals surface area contributed by atoms with Crippen LogP contribution in [-0.4, -0.2) is 56.6 Å². The normalized spacial score (nSPS) is 14.6. The minimum absolute atomic E-state index is 0.0324. The van der Waals surface area contributed by atoms with E-state index in [4.69, 9.17) is 0 Å². The third-order valence-corrected chi connectivity index (χ3v) is 5.03. The van der Waals surface area contributed by atoms with Crippen molar-refractivity contribution in [2.45, 2.75) is 0 Å². The molecule has 148 valence electrons. The van der Waals surface area contributed by atoms with Gasteiger partial charge in [0.1, 0.15) is 5.69 Å². The van der Waals surface area contributed by atoms with E-state index in [1.54, 1.807) is 41.3 Å². The average Bonchev–Trinajstić information content (AvgIpc) is 2.67. The largest absolute Gasteiger partial charge is 0.362 e. The van der Waals surface area contributed by atoms with E-state index in [1.165, 1.54) is 12.1 Å². The van der Waals surface area contributed by atoms with Gasteiger partial charge in [0, 0.05) is 32.2 Å². The van der Waals surface area contributed by atoms with Gasteiger partial charge in [-0.2, -0.15) is 0 Å². The topological polar surface area (TPSA) is 113 Å². The van der Waals surface area contributed by atoms with E-state index in [0.717, 1.165) is 6.26 Å². The summed E-state index contributed by atoms with van der Waals surface area (Å²) in [6, 6.07) is 12.9. The number of para-hydroxylation sites is 3. The quantitative estimate of drug-likeness (QED) is 0.602. The molecule has 0 aromatic heterocycles. The summed E-state index contributed by atoms with van der Waals surface area (Å²) in [7, 11) is -3.51. The van der Waals surface area contributed by atoms with E-state index in [2.05, 4.69) is 4.72 Å². The van der Waals surface area contributed by atoms with Crippen LogP contribution in [0, 0.1) is 10.1 Å². The SMILES string of the molecule is CS(=O)(=O)Nc1ccccc1C(=O)N1CCN(c2ccccc2[N+](=O)[O-])CC1. The van der Waals surface area contributed by atoms with Gasteiger partial charge in [0.15, 0.2) is 0 Å². The molecule has 28 heavy (non-hydrogen) atoms. The zero-order valence-electron chi connectivity index (χ0n) is 15.2. The smallest absolute Gasteiger partial charge is 0.292 e. The second-order valence-corrected chi connectivity index (χ2v) is 8.19. The summed E-state index contributed by atoms with van der Waals surface area (Å²) in [5.41, 5.74) is 1.06. The van der Waals surface area contributed by atoms with Crippen LogP contribution in [0.3, 0.4) is 0 Å². The number of carbonyl (C=O) groups is 1. The highest BCUT2D eigenvalue weighted by molar-refractivity contribution is 7.92. The Kier molecular flexibility index (Phi) is 5.50. The Bertz CT molecular complexity index is 1000. The summed E-state index contributed by atoms with van der Waals surface area (Å²) in [5, 5.41) is 11.2. The summed E-state index contributed by atoms with van der Waals surface area (Å²) in [5.74, 6) is -0.283. The van der Waals surface area contributed by atoms with E-state index in [0.29, 0.717) is 31.9 Å². The maximum atomic E-state index is 12.9. The summed E-state index contributed by atoms with van der Waals surface area (Å²) < 4.78 is 25.4. The number of sulfonamides is 1. The van der Waals surface area contributed by atoms with Crippen molar-refractivity contribution in [3.63, 3.8) is 0 Å². The molecular weight excluding hydrogens is 384 g/mol. The number of nitrogens with one attached hydrogen (secondary N) is 1. The van der Waals surface area contributed by atoms with Crippen molar-refractivity contribution in [3.8, 4) is 0 Å². The lowest BCUT2D eigenvalue weighted by atomic mass is 10.1. The van der Waals surface area contributed by atoms with Crippen LogP contribution in [0.15, 0.2) is 48.5 Å². The average molecular weight is 404 g/mol. The lowest BCUT2D eigenvalue weighted by molar-refractivity contribution is -0.384. The molecule has 1 aliphatic heterocycles. The fourth-order valence-electron chi connectivity index (χ4n) is 3.17. The van der Waals surface area contributed by atoms with Crippen LogP contribution in [0.2, 0.25) is 0 Å². The molecule has 0 saturated carbocycles. The molecule has 1 heterocycles. The minimum Gasteiger partial charge on any atom is -0.362 e. The van der Waals surface area contributed by atoms with Crippen molar-refractivity contribution in [1.29, 1.82) is 0 Å². The number of nitrogens with zero attached hydrogens (tertiary/aromatic N) is 3. The maximum absolute atomic E-state index is 12.9. The monoisotopic (exact) mass is 404 g/mol. The van der Waals surface area contributed by atoms with Gasteiger partial charge in [0.2, 0.25) is 10.0 Å². The first-order valence-electron chi connectivity index (χ1n) is 8.61. The second kappa shape index (κ2) is 7.85. The molecule has 2 aromatic carbocycles. The fraction of sp³-hybridized carbons (Fsp3) is 0.278. The maximum Gasteiger partial charge on any atom is 0.292 e. The van der Waals surface area contributed by atoms with Gasteiger partial charge in [-0.25, -0.2) is 8.42 Å². The van der Waals surface area contributed by atoms with Crippen molar-refractivity contribution in [2.24, 2.45) is 0 Å². The molecule has 0 spiro atoms. The van der Waals surface area contributed by atoms with Gasteiger partial charge < -0.3 is 9.80 Å². The summed E-state index contributed by atoms with van der Waals surface area (Å²) >= 11 is 0. The predicted octanol–water partition coefficient (Wildman–Crippen LogP) is 1.93.